The van der Waals surface area contributed by atoms with E-state index in [1.54, 1.807) is 0 Å². The minimum atomic E-state index is -4.50. The van der Waals surface area contributed by atoms with Crippen LogP contribution in [0.15, 0.2) is 18.2 Å². The lowest BCUT2D eigenvalue weighted by Gasteiger charge is -2.13. The second-order valence-corrected chi connectivity index (χ2v) is 3.69. The first-order valence-corrected chi connectivity index (χ1v) is 5.31. The summed E-state index contributed by atoms with van der Waals surface area (Å²) in [6, 6.07) is 2.84. The van der Waals surface area contributed by atoms with E-state index in [4.69, 9.17) is 11.5 Å². The van der Waals surface area contributed by atoms with Crippen LogP contribution in [-0.2, 0) is 6.18 Å². The SMILES string of the molecule is NCCCNc1ccc(C(F)(F)F)cc1C(N)=O. The number of carbonyl (C=O) groups excluding carboxylic acids is 1. The molecule has 4 nitrogen and oxygen atoms in total. The Bertz CT molecular complexity index is 432. The summed E-state index contributed by atoms with van der Waals surface area (Å²) in [5.41, 5.74) is 9.55. The molecule has 0 bridgehead atoms. The number of hydrogen-bond donors (Lipinski definition) is 3. The summed E-state index contributed by atoms with van der Waals surface area (Å²) < 4.78 is 37.4. The van der Waals surface area contributed by atoms with Gasteiger partial charge in [0.25, 0.3) is 5.91 Å². The van der Waals surface area contributed by atoms with Gasteiger partial charge in [-0.25, -0.2) is 0 Å². The highest BCUT2D eigenvalue weighted by Crippen LogP contribution is 2.31. The van der Waals surface area contributed by atoms with Crippen LogP contribution < -0.4 is 16.8 Å². The van der Waals surface area contributed by atoms with Crippen LogP contribution in [0.25, 0.3) is 0 Å². The first kappa shape index (κ1) is 14.3. The number of nitrogens with two attached hydrogens (primary N) is 2. The van der Waals surface area contributed by atoms with E-state index < -0.39 is 17.6 Å². The molecule has 1 rings (SSSR count). The first-order valence-electron chi connectivity index (χ1n) is 5.31. The van der Waals surface area contributed by atoms with Crippen molar-refractivity contribution >= 4 is 11.6 Å². The molecule has 0 saturated heterocycles. The van der Waals surface area contributed by atoms with Gasteiger partial charge in [0.15, 0.2) is 0 Å². The number of nitrogens with one attached hydrogen (secondary N) is 1. The molecule has 0 atom stereocenters. The van der Waals surface area contributed by atoms with Crippen molar-refractivity contribution in [2.45, 2.75) is 12.6 Å². The zero-order valence-electron chi connectivity index (χ0n) is 9.55. The number of halogens is 3. The normalized spacial score (nSPS) is 11.3. The topological polar surface area (TPSA) is 81.1 Å². The van der Waals surface area contributed by atoms with E-state index in [0.29, 0.717) is 19.5 Å². The van der Waals surface area contributed by atoms with Gasteiger partial charge in [0.2, 0.25) is 0 Å². The van der Waals surface area contributed by atoms with Crippen molar-refractivity contribution in [2.24, 2.45) is 11.5 Å². The Balaban J connectivity index is 3.01. The number of hydrogen-bond acceptors (Lipinski definition) is 3. The average Bonchev–Trinajstić information content (AvgIpc) is 2.28. The Morgan fingerprint density at radius 3 is 2.50 bits per heavy atom. The van der Waals surface area contributed by atoms with Crippen molar-refractivity contribution in [3.63, 3.8) is 0 Å². The highest BCUT2D eigenvalue weighted by atomic mass is 19.4. The highest BCUT2D eigenvalue weighted by molar-refractivity contribution is 5.98. The van der Waals surface area contributed by atoms with Crippen LogP contribution in [-0.4, -0.2) is 19.0 Å². The summed E-state index contributed by atoms with van der Waals surface area (Å²) in [6.45, 7) is 0.904. The lowest BCUT2D eigenvalue weighted by Crippen LogP contribution is -2.17. The van der Waals surface area contributed by atoms with Crippen LogP contribution >= 0.6 is 0 Å². The molecule has 0 heterocycles. The second-order valence-electron chi connectivity index (χ2n) is 3.69. The lowest BCUT2D eigenvalue weighted by atomic mass is 10.1. The third kappa shape index (κ3) is 3.63. The molecule has 7 heteroatoms. The molecule has 0 aromatic heterocycles. The Kier molecular flexibility index (Phi) is 4.55. The van der Waals surface area contributed by atoms with E-state index in [1.807, 2.05) is 0 Å². The standard InChI is InChI=1S/C11H14F3N3O/c12-11(13,14)7-2-3-9(17-5-1-4-15)8(6-7)10(16)18/h2-3,6,17H,1,4-5,15H2,(H2,16,18). The quantitative estimate of drug-likeness (QED) is 0.704. The molecule has 0 unspecified atom stereocenters. The van der Waals surface area contributed by atoms with Gasteiger partial charge in [0, 0.05) is 12.2 Å². The third-order valence-electron chi connectivity index (χ3n) is 2.31. The molecule has 0 aliphatic rings. The number of alkyl halides is 3. The summed E-state index contributed by atoms with van der Waals surface area (Å²) in [5, 5.41) is 2.83. The summed E-state index contributed by atoms with van der Waals surface area (Å²) in [7, 11) is 0. The first-order chi connectivity index (χ1) is 8.36. The number of primary amides is 1. The summed E-state index contributed by atoms with van der Waals surface area (Å²) in [4.78, 5) is 11.1. The molecule has 18 heavy (non-hydrogen) atoms. The van der Waals surface area contributed by atoms with Crippen molar-refractivity contribution in [1.82, 2.24) is 0 Å². The fourth-order valence-corrected chi connectivity index (χ4v) is 1.40. The summed E-state index contributed by atoms with van der Waals surface area (Å²) in [5.74, 6) is -0.906. The maximum Gasteiger partial charge on any atom is 0.416 e. The molecular formula is C11H14F3N3O. The number of benzene rings is 1. The Morgan fingerprint density at radius 1 is 1.33 bits per heavy atom. The number of carbonyl (C=O) groups is 1. The van der Waals surface area contributed by atoms with Crippen LogP contribution in [0, 0.1) is 0 Å². The summed E-state index contributed by atoms with van der Waals surface area (Å²) >= 11 is 0. The van der Waals surface area contributed by atoms with E-state index in [-0.39, 0.29) is 11.3 Å². The van der Waals surface area contributed by atoms with Gasteiger partial charge in [0.05, 0.1) is 11.1 Å². The molecule has 100 valence electrons. The second kappa shape index (κ2) is 5.72. The van der Waals surface area contributed by atoms with Gasteiger partial charge < -0.3 is 16.8 Å². The van der Waals surface area contributed by atoms with Gasteiger partial charge in [-0.2, -0.15) is 13.2 Å². The van der Waals surface area contributed by atoms with E-state index in [0.717, 1.165) is 12.1 Å². The van der Waals surface area contributed by atoms with Gasteiger partial charge >= 0.3 is 6.18 Å². The van der Waals surface area contributed by atoms with Crippen LogP contribution in [0.3, 0.4) is 0 Å². The Labute approximate surface area is 102 Å². The average molecular weight is 261 g/mol. The molecule has 0 saturated carbocycles. The lowest BCUT2D eigenvalue weighted by molar-refractivity contribution is -0.137. The monoisotopic (exact) mass is 261 g/mol. The Hall–Kier alpha value is -1.76. The van der Waals surface area contributed by atoms with Crippen LogP contribution in [0.1, 0.15) is 22.3 Å². The number of rotatable bonds is 5. The van der Waals surface area contributed by atoms with Crippen molar-refractivity contribution < 1.29 is 18.0 Å². The van der Waals surface area contributed by atoms with Gasteiger partial charge in [0.1, 0.15) is 0 Å². The van der Waals surface area contributed by atoms with Gasteiger partial charge in [-0.3, -0.25) is 4.79 Å². The largest absolute Gasteiger partial charge is 0.416 e. The van der Waals surface area contributed by atoms with Crippen LogP contribution in [0.5, 0.6) is 0 Å². The van der Waals surface area contributed by atoms with Gasteiger partial charge in [-0.05, 0) is 31.2 Å². The molecule has 0 aliphatic carbocycles. The molecule has 1 amide bonds. The molecule has 0 fully saturated rings. The van der Waals surface area contributed by atoms with Gasteiger partial charge in [-0.1, -0.05) is 0 Å². The maximum atomic E-state index is 12.5. The fraction of sp³-hybridized carbons (Fsp3) is 0.364. The predicted molar refractivity (Wildman–Crippen MR) is 62.1 cm³/mol. The molecule has 5 N–H and O–H groups in total. The Morgan fingerprint density at radius 2 is 2.00 bits per heavy atom. The van der Waals surface area contributed by atoms with E-state index in [9.17, 15) is 18.0 Å². The molecule has 0 radical (unpaired) electrons. The maximum absolute atomic E-state index is 12.5. The van der Waals surface area contributed by atoms with Crippen molar-refractivity contribution in [2.75, 3.05) is 18.4 Å². The van der Waals surface area contributed by atoms with Crippen LogP contribution in [0.2, 0.25) is 0 Å². The molecule has 1 aromatic rings. The van der Waals surface area contributed by atoms with E-state index in [2.05, 4.69) is 5.32 Å². The van der Waals surface area contributed by atoms with E-state index in [1.165, 1.54) is 6.07 Å². The molecule has 0 spiro atoms. The minimum Gasteiger partial charge on any atom is -0.384 e. The minimum absolute atomic E-state index is 0.179. The number of amides is 1. The molecule has 0 aliphatic heterocycles. The number of anilines is 1. The zero-order valence-corrected chi connectivity index (χ0v) is 9.55. The van der Waals surface area contributed by atoms with Crippen molar-refractivity contribution in [3.8, 4) is 0 Å². The molecular weight excluding hydrogens is 247 g/mol. The van der Waals surface area contributed by atoms with Gasteiger partial charge in [-0.15, -0.1) is 0 Å². The third-order valence-corrected chi connectivity index (χ3v) is 2.31. The molecule has 1 aromatic carbocycles. The fourth-order valence-electron chi connectivity index (χ4n) is 1.40. The zero-order chi connectivity index (χ0) is 13.8. The van der Waals surface area contributed by atoms with Crippen LogP contribution in [0.4, 0.5) is 18.9 Å². The smallest absolute Gasteiger partial charge is 0.384 e. The highest BCUT2D eigenvalue weighted by Gasteiger charge is 2.31. The predicted octanol–water partition coefficient (Wildman–Crippen LogP) is 1.56. The van der Waals surface area contributed by atoms with Crippen molar-refractivity contribution in [1.29, 1.82) is 0 Å². The van der Waals surface area contributed by atoms with Crippen molar-refractivity contribution in [3.05, 3.63) is 29.3 Å². The summed E-state index contributed by atoms with van der Waals surface area (Å²) in [6.07, 6.45) is -3.86. The van der Waals surface area contributed by atoms with E-state index >= 15 is 0 Å².